The second kappa shape index (κ2) is 8.39. The van der Waals surface area contributed by atoms with Gasteiger partial charge in [-0.3, -0.25) is 9.59 Å². The van der Waals surface area contributed by atoms with Gasteiger partial charge in [0.1, 0.15) is 0 Å². The van der Waals surface area contributed by atoms with Gasteiger partial charge in [0.15, 0.2) is 0 Å². The van der Waals surface area contributed by atoms with Crippen LogP contribution in [0, 0.1) is 0 Å². The largest absolute Gasteiger partial charge is 0.462 e. The summed E-state index contributed by atoms with van der Waals surface area (Å²) in [5, 5.41) is 0. The smallest absolute Gasteiger partial charge is 0.338 e. The number of ketones is 1. The molecule has 0 aromatic heterocycles. The third kappa shape index (κ3) is 5.00. The standard InChI is InChI=1S/C14H15N3O4/c1-2-21-14(20)11-3-5-12(6-4-11)17(10-18)8-7-13(19)9-16-15/h3-6,9-10H,2,7-8H2,1H3. The van der Waals surface area contributed by atoms with E-state index in [9.17, 15) is 14.4 Å². The van der Waals surface area contributed by atoms with E-state index in [0.717, 1.165) is 6.21 Å². The predicted molar refractivity (Wildman–Crippen MR) is 75.1 cm³/mol. The van der Waals surface area contributed by atoms with Crippen LogP contribution in [-0.2, 0) is 14.3 Å². The molecule has 0 atom stereocenters. The van der Waals surface area contributed by atoms with Crippen molar-refractivity contribution in [1.82, 2.24) is 0 Å². The highest BCUT2D eigenvalue weighted by molar-refractivity contribution is 6.25. The quantitative estimate of drug-likeness (QED) is 0.235. The SMILES string of the molecule is CCOC(=O)c1ccc(N(C=O)CCC(=O)C=[N+]=[N-])cc1. The summed E-state index contributed by atoms with van der Waals surface area (Å²) in [6, 6.07) is 6.26. The molecule has 1 amide bonds. The second-order valence-corrected chi connectivity index (χ2v) is 4.03. The second-order valence-electron chi connectivity index (χ2n) is 4.03. The van der Waals surface area contributed by atoms with Crippen LogP contribution >= 0.6 is 0 Å². The Morgan fingerprint density at radius 1 is 1.33 bits per heavy atom. The molecule has 0 spiro atoms. The highest BCUT2D eigenvalue weighted by Gasteiger charge is 2.11. The molecule has 0 saturated carbocycles. The van der Waals surface area contributed by atoms with Crippen LogP contribution < -0.4 is 4.90 Å². The Morgan fingerprint density at radius 2 is 2.00 bits per heavy atom. The average molecular weight is 289 g/mol. The van der Waals surface area contributed by atoms with Gasteiger partial charge in [0, 0.05) is 18.7 Å². The molecule has 0 N–H and O–H groups in total. The molecule has 0 unspecified atom stereocenters. The van der Waals surface area contributed by atoms with E-state index in [1.807, 2.05) is 0 Å². The number of esters is 1. The fourth-order valence-corrected chi connectivity index (χ4v) is 1.61. The lowest BCUT2D eigenvalue weighted by Gasteiger charge is -2.16. The minimum atomic E-state index is -0.434. The number of anilines is 1. The molecule has 21 heavy (non-hydrogen) atoms. The van der Waals surface area contributed by atoms with Crippen molar-refractivity contribution in [2.24, 2.45) is 0 Å². The van der Waals surface area contributed by atoms with E-state index in [2.05, 4.69) is 4.79 Å². The number of benzene rings is 1. The number of hydrogen-bond acceptors (Lipinski definition) is 4. The molecule has 0 bridgehead atoms. The van der Waals surface area contributed by atoms with Crippen LogP contribution in [0.5, 0.6) is 0 Å². The van der Waals surface area contributed by atoms with E-state index in [4.69, 9.17) is 10.3 Å². The average Bonchev–Trinajstić information content (AvgIpc) is 2.49. The highest BCUT2D eigenvalue weighted by atomic mass is 16.5. The number of hydrogen-bond donors (Lipinski definition) is 0. The fraction of sp³-hybridized carbons (Fsp3) is 0.286. The Morgan fingerprint density at radius 3 is 2.52 bits per heavy atom. The monoisotopic (exact) mass is 289 g/mol. The molecule has 0 saturated heterocycles. The molecule has 0 heterocycles. The third-order valence-electron chi connectivity index (χ3n) is 2.64. The van der Waals surface area contributed by atoms with Crippen molar-refractivity contribution in [3.8, 4) is 0 Å². The van der Waals surface area contributed by atoms with Crippen molar-refractivity contribution in [3.05, 3.63) is 35.4 Å². The van der Waals surface area contributed by atoms with Gasteiger partial charge in [-0.1, -0.05) is 0 Å². The minimum absolute atomic E-state index is 0.0302. The van der Waals surface area contributed by atoms with Crippen molar-refractivity contribution >= 4 is 30.1 Å². The van der Waals surface area contributed by atoms with Gasteiger partial charge in [0.25, 0.3) is 0 Å². The predicted octanol–water partition coefficient (Wildman–Crippen LogP) is 1.09. The first-order chi connectivity index (χ1) is 10.1. The molecular weight excluding hydrogens is 274 g/mol. The van der Waals surface area contributed by atoms with Gasteiger partial charge in [-0.2, -0.15) is 4.79 Å². The van der Waals surface area contributed by atoms with Crippen LogP contribution in [0.3, 0.4) is 0 Å². The summed E-state index contributed by atoms with van der Waals surface area (Å²) < 4.78 is 4.86. The maximum atomic E-state index is 11.5. The Labute approximate surface area is 121 Å². The number of Topliss-reactive ketones (excluding diaryl/α,β-unsaturated/α-hetero) is 1. The van der Waals surface area contributed by atoms with Crippen molar-refractivity contribution in [1.29, 1.82) is 0 Å². The molecule has 1 aromatic carbocycles. The van der Waals surface area contributed by atoms with Crippen molar-refractivity contribution in [2.45, 2.75) is 13.3 Å². The van der Waals surface area contributed by atoms with Crippen LogP contribution in [0.1, 0.15) is 23.7 Å². The van der Waals surface area contributed by atoms with Crippen LogP contribution in [0.4, 0.5) is 5.69 Å². The number of amides is 1. The summed E-state index contributed by atoms with van der Waals surface area (Å²) in [6.45, 7) is 2.15. The maximum absolute atomic E-state index is 11.5. The van der Waals surface area contributed by atoms with Crippen LogP contribution in [-0.4, -0.2) is 42.3 Å². The zero-order valence-electron chi connectivity index (χ0n) is 11.6. The van der Waals surface area contributed by atoms with Crippen LogP contribution in [0.2, 0.25) is 0 Å². The van der Waals surface area contributed by atoms with Gasteiger partial charge in [-0.25, -0.2) is 4.79 Å². The number of carbonyl (C=O) groups is 3. The Bertz CT molecular complexity index is 562. The first-order valence-corrected chi connectivity index (χ1v) is 6.31. The summed E-state index contributed by atoms with van der Waals surface area (Å²) in [4.78, 5) is 37.7. The Balaban J connectivity index is 2.73. The molecule has 0 aliphatic rings. The molecule has 0 radical (unpaired) electrons. The van der Waals surface area contributed by atoms with Crippen LogP contribution in [0.15, 0.2) is 24.3 Å². The van der Waals surface area contributed by atoms with Crippen LogP contribution in [0.25, 0.3) is 5.53 Å². The van der Waals surface area contributed by atoms with Gasteiger partial charge < -0.3 is 15.2 Å². The molecule has 0 fully saturated rings. The highest BCUT2D eigenvalue weighted by Crippen LogP contribution is 2.15. The van der Waals surface area contributed by atoms with Crippen molar-refractivity contribution in [3.63, 3.8) is 0 Å². The lowest BCUT2D eigenvalue weighted by atomic mass is 10.2. The summed E-state index contributed by atoms with van der Waals surface area (Å²) in [5.74, 6) is -0.830. The minimum Gasteiger partial charge on any atom is -0.462 e. The number of ether oxygens (including phenoxy) is 1. The first-order valence-electron chi connectivity index (χ1n) is 6.31. The van der Waals surface area contributed by atoms with E-state index in [1.165, 1.54) is 4.90 Å². The topological polar surface area (TPSA) is 100 Å². The number of rotatable bonds is 8. The number of carbonyl (C=O) groups excluding carboxylic acids is 3. The zero-order chi connectivity index (χ0) is 15.7. The normalized spacial score (nSPS) is 9.38. The van der Waals surface area contributed by atoms with Crippen molar-refractivity contribution in [2.75, 3.05) is 18.1 Å². The Hall–Kier alpha value is -2.79. The lowest BCUT2D eigenvalue weighted by molar-refractivity contribution is -0.115. The van der Waals surface area contributed by atoms with Gasteiger partial charge in [-0.15, -0.1) is 0 Å². The van der Waals surface area contributed by atoms with Crippen molar-refractivity contribution < 1.29 is 23.9 Å². The molecular formula is C14H15N3O4. The van der Waals surface area contributed by atoms with E-state index < -0.39 is 11.8 Å². The van der Waals surface area contributed by atoms with Gasteiger partial charge in [0.2, 0.25) is 12.2 Å². The molecule has 7 nitrogen and oxygen atoms in total. The summed E-state index contributed by atoms with van der Waals surface area (Å²) in [5.41, 5.74) is 9.16. The molecule has 0 aliphatic carbocycles. The summed E-state index contributed by atoms with van der Waals surface area (Å²) in [7, 11) is 0. The number of nitrogens with zero attached hydrogens (tertiary/aromatic N) is 3. The first kappa shape index (κ1) is 16.3. The molecule has 110 valence electrons. The zero-order valence-corrected chi connectivity index (χ0v) is 11.6. The molecule has 1 rings (SSSR count). The lowest BCUT2D eigenvalue weighted by Crippen LogP contribution is -2.24. The molecule has 0 aliphatic heterocycles. The van der Waals surface area contributed by atoms with E-state index in [0.29, 0.717) is 17.7 Å². The van der Waals surface area contributed by atoms with Gasteiger partial charge in [0.05, 0.1) is 12.2 Å². The van der Waals surface area contributed by atoms with E-state index in [1.54, 1.807) is 31.2 Å². The van der Waals surface area contributed by atoms with E-state index >= 15 is 0 Å². The van der Waals surface area contributed by atoms with Gasteiger partial charge in [-0.05, 0) is 31.2 Å². The molecule has 7 heteroatoms. The summed E-state index contributed by atoms with van der Waals surface area (Å²) >= 11 is 0. The molecule has 1 aromatic rings. The fourth-order valence-electron chi connectivity index (χ4n) is 1.61. The van der Waals surface area contributed by atoms with Gasteiger partial charge >= 0.3 is 12.2 Å². The van der Waals surface area contributed by atoms with E-state index in [-0.39, 0.29) is 19.6 Å². The Kier molecular flexibility index (Phi) is 6.50. The maximum Gasteiger partial charge on any atom is 0.338 e. The summed E-state index contributed by atoms with van der Waals surface area (Å²) in [6.07, 6.45) is 1.40. The third-order valence-corrected chi connectivity index (χ3v) is 2.64.